The van der Waals surface area contributed by atoms with Crippen LogP contribution >= 0.6 is 0 Å². The van der Waals surface area contributed by atoms with Crippen molar-refractivity contribution in [3.05, 3.63) is 12.2 Å². The molecular formula is C14H28N2. The second-order valence-electron chi connectivity index (χ2n) is 5.25. The van der Waals surface area contributed by atoms with Crippen LogP contribution in [0.3, 0.4) is 0 Å². The molecule has 0 amide bonds. The lowest BCUT2D eigenvalue weighted by Gasteiger charge is -2.24. The smallest absolute Gasteiger partial charge is 0.0202 e. The lowest BCUT2D eigenvalue weighted by Crippen LogP contribution is -2.32. The highest BCUT2D eigenvalue weighted by molar-refractivity contribution is 5.01. The van der Waals surface area contributed by atoms with Gasteiger partial charge in [-0.15, -0.1) is 0 Å². The molecule has 1 saturated carbocycles. The first-order valence-corrected chi connectivity index (χ1v) is 6.78. The molecule has 0 aromatic carbocycles. The molecule has 0 radical (unpaired) electrons. The van der Waals surface area contributed by atoms with Gasteiger partial charge >= 0.3 is 0 Å². The molecule has 1 aliphatic rings. The zero-order valence-electron chi connectivity index (χ0n) is 11.3. The second kappa shape index (κ2) is 7.08. The summed E-state index contributed by atoms with van der Waals surface area (Å²) in [6, 6.07) is 0.793. The molecule has 0 aromatic heterocycles. The van der Waals surface area contributed by atoms with Crippen molar-refractivity contribution in [2.24, 2.45) is 5.92 Å². The van der Waals surface area contributed by atoms with Crippen LogP contribution in [-0.2, 0) is 0 Å². The maximum atomic E-state index is 4.17. The third kappa shape index (κ3) is 5.66. The topological polar surface area (TPSA) is 15.3 Å². The molecule has 0 heterocycles. The van der Waals surface area contributed by atoms with Gasteiger partial charge in [0.25, 0.3) is 0 Å². The molecule has 0 saturated heterocycles. The predicted molar refractivity (Wildman–Crippen MR) is 71.7 cm³/mol. The fourth-order valence-electron chi connectivity index (χ4n) is 1.82. The number of hydrogen-bond donors (Lipinski definition) is 1. The predicted octanol–water partition coefficient (Wildman–Crippen LogP) is 2.66. The molecule has 2 heteroatoms. The Kier molecular flexibility index (Phi) is 6.07. The van der Waals surface area contributed by atoms with Gasteiger partial charge in [0.15, 0.2) is 0 Å². The summed E-state index contributed by atoms with van der Waals surface area (Å²) in [5.41, 5.74) is 1.33. The van der Waals surface area contributed by atoms with E-state index in [4.69, 9.17) is 0 Å². The quantitative estimate of drug-likeness (QED) is 0.606. The summed E-state index contributed by atoms with van der Waals surface area (Å²) in [6.07, 6.45) is 3.98. The lowest BCUT2D eigenvalue weighted by molar-refractivity contribution is 0.263. The van der Waals surface area contributed by atoms with E-state index in [0.717, 1.165) is 31.6 Å². The average molecular weight is 224 g/mol. The van der Waals surface area contributed by atoms with Crippen LogP contribution in [0.15, 0.2) is 12.2 Å². The van der Waals surface area contributed by atoms with E-state index in [-0.39, 0.29) is 0 Å². The van der Waals surface area contributed by atoms with Crippen LogP contribution in [0.1, 0.15) is 40.0 Å². The number of rotatable bonds is 9. The first-order chi connectivity index (χ1) is 7.65. The molecule has 1 unspecified atom stereocenters. The van der Waals surface area contributed by atoms with E-state index in [9.17, 15) is 0 Å². The molecule has 2 nitrogen and oxygen atoms in total. The van der Waals surface area contributed by atoms with Crippen LogP contribution in [0.25, 0.3) is 0 Å². The molecule has 1 atom stereocenters. The average Bonchev–Trinajstić information content (AvgIpc) is 3.09. The van der Waals surface area contributed by atoms with Crippen LogP contribution in [0.4, 0.5) is 0 Å². The summed E-state index contributed by atoms with van der Waals surface area (Å²) < 4.78 is 0. The van der Waals surface area contributed by atoms with Crippen LogP contribution < -0.4 is 5.32 Å². The van der Waals surface area contributed by atoms with E-state index in [1.54, 1.807) is 0 Å². The molecule has 0 bridgehead atoms. The van der Waals surface area contributed by atoms with Gasteiger partial charge in [-0.2, -0.15) is 0 Å². The van der Waals surface area contributed by atoms with Crippen molar-refractivity contribution in [3.63, 3.8) is 0 Å². The van der Waals surface area contributed by atoms with E-state index in [0.29, 0.717) is 0 Å². The van der Waals surface area contributed by atoms with Crippen LogP contribution in [0, 0.1) is 5.92 Å². The van der Waals surface area contributed by atoms with Gasteiger partial charge in [0, 0.05) is 25.7 Å². The van der Waals surface area contributed by atoms with E-state index < -0.39 is 0 Å². The molecule has 0 aromatic rings. The summed E-state index contributed by atoms with van der Waals surface area (Å²) in [6.45, 7) is 15.4. The SMILES string of the molecule is C=C(CNC1CC1)CN(CC)CC(C)CC. The lowest BCUT2D eigenvalue weighted by atomic mass is 10.1. The molecule has 1 rings (SSSR count). The van der Waals surface area contributed by atoms with Gasteiger partial charge < -0.3 is 5.32 Å². The zero-order chi connectivity index (χ0) is 12.0. The molecule has 94 valence electrons. The highest BCUT2D eigenvalue weighted by Gasteiger charge is 2.20. The Bertz CT molecular complexity index is 209. The Morgan fingerprint density at radius 3 is 2.62 bits per heavy atom. The summed E-state index contributed by atoms with van der Waals surface area (Å²) in [7, 11) is 0. The van der Waals surface area contributed by atoms with Gasteiger partial charge in [-0.25, -0.2) is 0 Å². The summed E-state index contributed by atoms with van der Waals surface area (Å²) in [4.78, 5) is 2.51. The minimum absolute atomic E-state index is 0.793. The van der Waals surface area contributed by atoms with Crippen molar-refractivity contribution in [1.29, 1.82) is 0 Å². The normalized spacial score (nSPS) is 17.8. The van der Waals surface area contributed by atoms with Crippen molar-refractivity contribution in [2.75, 3.05) is 26.2 Å². The molecule has 1 aliphatic carbocycles. The molecule has 16 heavy (non-hydrogen) atoms. The number of likely N-dealkylation sites (N-methyl/N-ethyl adjacent to an activating group) is 1. The molecular weight excluding hydrogens is 196 g/mol. The van der Waals surface area contributed by atoms with Crippen LogP contribution in [0.2, 0.25) is 0 Å². The standard InChI is InChI=1S/C14H28N2/c1-5-12(3)10-16(6-2)11-13(4)9-15-14-7-8-14/h12,14-15H,4-11H2,1-3H3. The second-order valence-corrected chi connectivity index (χ2v) is 5.25. The first kappa shape index (κ1) is 13.7. The van der Waals surface area contributed by atoms with E-state index in [1.165, 1.54) is 31.4 Å². The summed E-state index contributed by atoms with van der Waals surface area (Å²) in [5, 5.41) is 3.53. The highest BCUT2D eigenvalue weighted by atomic mass is 15.1. The van der Waals surface area contributed by atoms with Crippen molar-refractivity contribution >= 4 is 0 Å². The summed E-state index contributed by atoms with van der Waals surface area (Å²) in [5.74, 6) is 0.796. The Labute approximate surface area is 101 Å². The number of hydrogen-bond acceptors (Lipinski definition) is 2. The Hall–Kier alpha value is -0.340. The van der Waals surface area contributed by atoms with Gasteiger partial charge in [-0.3, -0.25) is 4.90 Å². The third-order valence-electron chi connectivity index (χ3n) is 3.38. The number of nitrogens with zero attached hydrogens (tertiary/aromatic N) is 1. The highest BCUT2D eigenvalue weighted by Crippen LogP contribution is 2.18. The third-order valence-corrected chi connectivity index (χ3v) is 3.38. The van der Waals surface area contributed by atoms with Gasteiger partial charge in [0.1, 0.15) is 0 Å². The van der Waals surface area contributed by atoms with Crippen molar-refractivity contribution in [2.45, 2.75) is 46.1 Å². The van der Waals surface area contributed by atoms with Gasteiger partial charge in [-0.05, 0) is 30.9 Å². The Morgan fingerprint density at radius 1 is 1.44 bits per heavy atom. The Balaban J connectivity index is 2.16. The fourth-order valence-corrected chi connectivity index (χ4v) is 1.82. The van der Waals surface area contributed by atoms with E-state index >= 15 is 0 Å². The molecule has 1 fully saturated rings. The van der Waals surface area contributed by atoms with E-state index in [1.807, 2.05) is 0 Å². The fraction of sp³-hybridized carbons (Fsp3) is 0.857. The first-order valence-electron chi connectivity index (χ1n) is 6.78. The minimum Gasteiger partial charge on any atom is -0.310 e. The van der Waals surface area contributed by atoms with E-state index in [2.05, 4.69) is 37.6 Å². The van der Waals surface area contributed by atoms with Crippen LogP contribution in [-0.4, -0.2) is 37.1 Å². The van der Waals surface area contributed by atoms with Crippen LogP contribution in [0.5, 0.6) is 0 Å². The maximum Gasteiger partial charge on any atom is 0.0202 e. The largest absolute Gasteiger partial charge is 0.310 e. The zero-order valence-corrected chi connectivity index (χ0v) is 11.3. The maximum absolute atomic E-state index is 4.17. The Morgan fingerprint density at radius 2 is 2.12 bits per heavy atom. The van der Waals surface area contributed by atoms with Crippen molar-refractivity contribution in [3.8, 4) is 0 Å². The van der Waals surface area contributed by atoms with Crippen molar-refractivity contribution < 1.29 is 0 Å². The van der Waals surface area contributed by atoms with Gasteiger partial charge in [0.05, 0.1) is 0 Å². The monoisotopic (exact) mass is 224 g/mol. The number of nitrogens with one attached hydrogen (secondary N) is 1. The van der Waals surface area contributed by atoms with Crippen molar-refractivity contribution in [1.82, 2.24) is 10.2 Å². The summed E-state index contributed by atoms with van der Waals surface area (Å²) >= 11 is 0. The molecule has 0 aliphatic heterocycles. The molecule has 1 N–H and O–H groups in total. The minimum atomic E-state index is 0.793. The van der Waals surface area contributed by atoms with Gasteiger partial charge in [0.2, 0.25) is 0 Å². The molecule has 0 spiro atoms. The van der Waals surface area contributed by atoms with Gasteiger partial charge in [-0.1, -0.05) is 33.8 Å².